The summed E-state index contributed by atoms with van der Waals surface area (Å²) in [5.74, 6) is 0. The van der Waals surface area contributed by atoms with Crippen molar-refractivity contribution in [1.82, 2.24) is 10.9 Å². The Kier molecular flexibility index (Phi) is 6.81. The van der Waals surface area contributed by atoms with E-state index in [-0.39, 0.29) is 10.5 Å². The summed E-state index contributed by atoms with van der Waals surface area (Å²) in [6.07, 6.45) is 6.94. The molecule has 8 heteroatoms. The van der Waals surface area contributed by atoms with E-state index in [0.29, 0.717) is 0 Å². The first kappa shape index (κ1) is 15.0. The molecule has 1 fully saturated rings. The number of carbonyl (C=O) groups is 2. The third-order valence-electron chi connectivity index (χ3n) is 2.35. The van der Waals surface area contributed by atoms with Gasteiger partial charge in [0.15, 0.2) is 0 Å². The topological polar surface area (TPSA) is 82.9 Å². The summed E-state index contributed by atoms with van der Waals surface area (Å²) < 4.78 is 0. The van der Waals surface area contributed by atoms with E-state index >= 15 is 0 Å². The smallest absolute Gasteiger partial charge is 0.260 e. The summed E-state index contributed by atoms with van der Waals surface area (Å²) in [6.45, 7) is 0. The Balaban J connectivity index is 2.67. The van der Waals surface area contributed by atoms with Gasteiger partial charge in [0.05, 0.1) is 11.4 Å². The van der Waals surface area contributed by atoms with Crippen LogP contribution in [0, 0.1) is 0 Å². The minimum absolute atomic E-state index is 0.208. The summed E-state index contributed by atoms with van der Waals surface area (Å²) in [5.41, 5.74) is 6.38. The van der Waals surface area contributed by atoms with Gasteiger partial charge in [-0.05, 0) is 38.2 Å². The van der Waals surface area contributed by atoms with Gasteiger partial charge in [-0.1, -0.05) is 23.5 Å². The molecule has 2 N–H and O–H groups in total. The second kappa shape index (κ2) is 8.15. The van der Waals surface area contributed by atoms with Gasteiger partial charge >= 0.3 is 0 Å². The Hall–Kier alpha value is -1.02. The highest BCUT2D eigenvalue weighted by molar-refractivity contribution is 8.13. The van der Waals surface area contributed by atoms with Crippen LogP contribution in [0.3, 0.4) is 0 Å². The highest BCUT2D eigenvalue weighted by Gasteiger charge is 2.16. The molecular weight excluding hydrogens is 272 g/mol. The molecule has 0 atom stereocenters. The lowest BCUT2D eigenvalue weighted by atomic mass is 9.96. The minimum Gasteiger partial charge on any atom is -0.260 e. The van der Waals surface area contributed by atoms with E-state index in [1.54, 1.807) is 12.5 Å². The lowest BCUT2D eigenvalue weighted by Crippen LogP contribution is -2.26. The van der Waals surface area contributed by atoms with Crippen LogP contribution in [0.5, 0.6) is 0 Å². The van der Waals surface area contributed by atoms with Gasteiger partial charge in [0.1, 0.15) is 0 Å². The molecule has 0 spiro atoms. The molecule has 0 saturated heterocycles. The van der Waals surface area contributed by atoms with E-state index in [0.717, 1.165) is 60.6 Å². The number of carbonyl (C=O) groups excluding carboxylic acids is 2. The molecule has 0 bridgehead atoms. The van der Waals surface area contributed by atoms with E-state index < -0.39 is 0 Å². The monoisotopic (exact) mass is 288 g/mol. The molecule has 18 heavy (non-hydrogen) atoms. The predicted molar refractivity (Wildman–Crippen MR) is 77.4 cm³/mol. The lowest BCUT2D eigenvalue weighted by molar-refractivity contribution is 0.260. The van der Waals surface area contributed by atoms with Crippen molar-refractivity contribution in [2.45, 2.75) is 25.7 Å². The fourth-order valence-electron chi connectivity index (χ4n) is 1.43. The van der Waals surface area contributed by atoms with Crippen LogP contribution >= 0.6 is 23.5 Å². The molecule has 2 amide bonds. The van der Waals surface area contributed by atoms with Crippen LogP contribution in [0.15, 0.2) is 10.2 Å². The number of rotatable bonds is 2. The van der Waals surface area contributed by atoms with E-state index in [1.807, 2.05) is 0 Å². The molecule has 0 aromatic heterocycles. The van der Waals surface area contributed by atoms with Gasteiger partial charge in [0.2, 0.25) is 0 Å². The van der Waals surface area contributed by atoms with Crippen molar-refractivity contribution >= 4 is 45.4 Å². The standard InChI is InChI=1S/C10H16N4O2S2/c1-17-9(15)13-11-7-5-3-4-6-8(7)12-14-10(16)18-2/h3-6H2,1-2H3,(H,13,15)(H,14,16)/b11-7+,12-8+. The van der Waals surface area contributed by atoms with Crippen molar-refractivity contribution in [1.29, 1.82) is 0 Å². The van der Waals surface area contributed by atoms with Crippen LogP contribution in [0.25, 0.3) is 0 Å². The van der Waals surface area contributed by atoms with Gasteiger partial charge in [-0.2, -0.15) is 10.2 Å². The zero-order chi connectivity index (χ0) is 13.4. The van der Waals surface area contributed by atoms with E-state index in [9.17, 15) is 9.59 Å². The molecule has 100 valence electrons. The van der Waals surface area contributed by atoms with Crippen molar-refractivity contribution in [3.63, 3.8) is 0 Å². The fourth-order valence-corrected chi connectivity index (χ4v) is 1.71. The number of hydrogen-bond acceptors (Lipinski definition) is 6. The van der Waals surface area contributed by atoms with Crippen molar-refractivity contribution in [2.24, 2.45) is 10.2 Å². The highest BCUT2D eigenvalue weighted by Crippen LogP contribution is 2.13. The Morgan fingerprint density at radius 2 is 1.33 bits per heavy atom. The van der Waals surface area contributed by atoms with E-state index in [4.69, 9.17) is 0 Å². The highest BCUT2D eigenvalue weighted by atomic mass is 32.2. The minimum atomic E-state index is -0.208. The Bertz CT molecular complexity index is 346. The van der Waals surface area contributed by atoms with Gasteiger partial charge < -0.3 is 0 Å². The molecule has 1 aliphatic rings. The van der Waals surface area contributed by atoms with Gasteiger partial charge in [0.25, 0.3) is 10.5 Å². The zero-order valence-electron chi connectivity index (χ0n) is 10.4. The van der Waals surface area contributed by atoms with Crippen LogP contribution in [-0.4, -0.2) is 34.4 Å². The first-order chi connectivity index (χ1) is 8.67. The molecule has 0 radical (unpaired) electrons. The zero-order valence-corrected chi connectivity index (χ0v) is 12.0. The summed E-state index contributed by atoms with van der Waals surface area (Å²) in [5, 5.41) is 7.68. The Morgan fingerprint density at radius 3 is 1.67 bits per heavy atom. The summed E-state index contributed by atoms with van der Waals surface area (Å²) in [7, 11) is 0. The molecule has 1 aliphatic carbocycles. The molecule has 0 aromatic carbocycles. The van der Waals surface area contributed by atoms with Gasteiger partial charge in [0, 0.05) is 0 Å². The molecule has 1 saturated carbocycles. The van der Waals surface area contributed by atoms with Crippen LogP contribution in [0.1, 0.15) is 25.7 Å². The average molecular weight is 288 g/mol. The van der Waals surface area contributed by atoms with Crippen molar-refractivity contribution in [3.05, 3.63) is 0 Å². The second-order valence-electron chi connectivity index (χ2n) is 3.53. The molecule has 0 aliphatic heterocycles. The largest absolute Gasteiger partial charge is 0.298 e. The first-order valence-electron chi connectivity index (χ1n) is 5.48. The number of nitrogens with one attached hydrogen (secondary N) is 2. The maximum absolute atomic E-state index is 11.1. The molecule has 0 aromatic rings. The fraction of sp³-hybridized carbons (Fsp3) is 0.600. The molecule has 1 rings (SSSR count). The first-order valence-corrected chi connectivity index (χ1v) is 7.93. The molecule has 6 nitrogen and oxygen atoms in total. The Morgan fingerprint density at radius 1 is 0.944 bits per heavy atom. The van der Waals surface area contributed by atoms with Crippen LogP contribution in [0.4, 0.5) is 9.59 Å². The number of amides is 2. The average Bonchev–Trinajstić information content (AvgIpc) is 2.42. The maximum Gasteiger partial charge on any atom is 0.298 e. The van der Waals surface area contributed by atoms with Crippen molar-refractivity contribution in [3.8, 4) is 0 Å². The lowest BCUT2D eigenvalue weighted by Gasteiger charge is -2.15. The summed E-state index contributed by atoms with van der Waals surface area (Å²) in [4.78, 5) is 22.2. The third-order valence-corrected chi connectivity index (χ3v) is 3.27. The Labute approximate surface area is 114 Å². The summed E-state index contributed by atoms with van der Waals surface area (Å²) >= 11 is 2.13. The molecule has 0 heterocycles. The quantitative estimate of drug-likeness (QED) is 0.764. The number of hydrazone groups is 2. The SMILES string of the molecule is CSC(=O)N/N=C1\CCCC\C1=N/NC(=O)SC. The van der Waals surface area contributed by atoms with Gasteiger partial charge in [-0.3, -0.25) is 9.59 Å². The van der Waals surface area contributed by atoms with Crippen LogP contribution in [-0.2, 0) is 0 Å². The van der Waals surface area contributed by atoms with E-state index in [1.165, 1.54) is 0 Å². The maximum atomic E-state index is 11.1. The second-order valence-corrected chi connectivity index (χ2v) is 5.09. The van der Waals surface area contributed by atoms with Gasteiger partial charge in [-0.25, -0.2) is 10.9 Å². The van der Waals surface area contributed by atoms with Crippen LogP contribution < -0.4 is 10.9 Å². The predicted octanol–water partition coefficient (Wildman–Crippen LogP) is 2.42. The van der Waals surface area contributed by atoms with Gasteiger partial charge in [-0.15, -0.1) is 0 Å². The number of hydrogen-bond donors (Lipinski definition) is 2. The number of thioether (sulfide) groups is 2. The van der Waals surface area contributed by atoms with Crippen LogP contribution in [0.2, 0.25) is 0 Å². The normalized spacial score (nSPS) is 19.9. The number of nitrogens with zero attached hydrogens (tertiary/aromatic N) is 2. The van der Waals surface area contributed by atoms with Crippen molar-refractivity contribution < 1.29 is 9.59 Å². The molecular formula is C10H16N4O2S2. The molecule has 0 unspecified atom stereocenters. The summed E-state index contributed by atoms with van der Waals surface area (Å²) in [6, 6.07) is 0. The van der Waals surface area contributed by atoms with Crippen molar-refractivity contribution in [2.75, 3.05) is 12.5 Å². The third kappa shape index (κ3) is 5.09. The van der Waals surface area contributed by atoms with E-state index in [2.05, 4.69) is 21.1 Å².